The van der Waals surface area contributed by atoms with Gasteiger partial charge in [-0.15, -0.1) is 0 Å². The van der Waals surface area contributed by atoms with Crippen molar-refractivity contribution >= 4 is 0 Å². The van der Waals surface area contributed by atoms with Gasteiger partial charge in [-0.1, -0.05) is 74.5 Å². The van der Waals surface area contributed by atoms with Gasteiger partial charge in [0.2, 0.25) is 0 Å². The third-order valence-corrected chi connectivity index (χ3v) is 3.49. The smallest absolute Gasteiger partial charge is 0.127 e. The third-order valence-electron chi connectivity index (χ3n) is 3.49. The first kappa shape index (κ1) is 13.9. The number of unbranched alkanes of at least 4 members (excludes halogenated alkanes) is 5. The number of nitrogens with zero attached hydrogens (tertiary/aromatic N) is 1. The van der Waals surface area contributed by atoms with Crippen LogP contribution in [-0.4, -0.2) is 5.16 Å². The van der Waals surface area contributed by atoms with Gasteiger partial charge in [0.25, 0.3) is 0 Å². The zero-order valence-electron chi connectivity index (χ0n) is 11.8. The summed E-state index contributed by atoms with van der Waals surface area (Å²) < 4.78 is 5.15. The van der Waals surface area contributed by atoms with E-state index in [0.29, 0.717) is 0 Å². The van der Waals surface area contributed by atoms with Gasteiger partial charge in [0, 0.05) is 11.1 Å². The van der Waals surface area contributed by atoms with Gasteiger partial charge in [-0.2, -0.15) is 0 Å². The first-order valence-corrected chi connectivity index (χ1v) is 7.40. The SMILES string of the molecule is CCCCCCCCc1conc1-c1ccccc1. The van der Waals surface area contributed by atoms with E-state index in [0.717, 1.165) is 17.7 Å². The van der Waals surface area contributed by atoms with E-state index in [1.807, 2.05) is 18.2 Å². The van der Waals surface area contributed by atoms with Crippen LogP contribution in [0.15, 0.2) is 41.1 Å². The topological polar surface area (TPSA) is 26.0 Å². The van der Waals surface area contributed by atoms with Crippen LogP contribution < -0.4 is 0 Å². The number of rotatable bonds is 8. The Kier molecular flexibility index (Phi) is 5.67. The van der Waals surface area contributed by atoms with Crippen molar-refractivity contribution in [2.24, 2.45) is 0 Å². The molecule has 0 spiro atoms. The van der Waals surface area contributed by atoms with Crippen LogP contribution in [-0.2, 0) is 6.42 Å². The molecule has 1 aromatic carbocycles. The molecule has 0 N–H and O–H groups in total. The van der Waals surface area contributed by atoms with Crippen LogP contribution in [0.5, 0.6) is 0 Å². The molecule has 0 saturated heterocycles. The second kappa shape index (κ2) is 7.78. The minimum Gasteiger partial charge on any atom is -0.364 e. The molecule has 1 heterocycles. The van der Waals surface area contributed by atoms with E-state index in [9.17, 15) is 0 Å². The molecule has 0 aliphatic carbocycles. The molecule has 2 aromatic rings. The molecule has 0 aliphatic heterocycles. The maximum absolute atomic E-state index is 5.15. The molecule has 19 heavy (non-hydrogen) atoms. The highest BCUT2D eigenvalue weighted by molar-refractivity contribution is 5.61. The summed E-state index contributed by atoms with van der Waals surface area (Å²) in [6.45, 7) is 2.25. The van der Waals surface area contributed by atoms with Crippen molar-refractivity contribution in [2.45, 2.75) is 51.9 Å². The van der Waals surface area contributed by atoms with Crippen molar-refractivity contribution < 1.29 is 4.52 Å². The Morgan fingerprint density at radius 3 is 2.47 bits per heavy atom. The molecule has 0 radical (unpaired) electrons. The zero-order chi connectivity index (χ0) is 13.3. The minimum atomic E-state index is 1.01. The molecular weight excluding hydrogens is 234 g/mol. The molecule has 0 fully saturated rings. The van der Waals surface area contributed by atoms with E-state index < -0.39 is 0 Å². The summed E-state index contributed by atoms with van der Waals surface area (Å²) in [4.78, 5) is 0. The van der Waals surface area contributed by atoms with Gasteiger partial charge >= 0.3 is 0 Å². The highest BCUT2D eigenvalue weighted by atomic mass is 16.5. The van der Waals surface area contributed by atoms with E-state index >= 15 is 0 Å². The van der Waals surface area contributed by atoms with Gasteiger partial charge in [-0.05, 0) is 12.8 Å². The number of hydrogen-bond acceptors (Lipinski definition) is 2. The number of benzene rings is 1. The van der Waals surface area contributed by atoms with Crippen LogP contribution in [0.4, 0.5) is 0 Å². The quantitative estimate of drug-likeness (QED) is 0.604. The molecule has 0 aliphatic rings. The summed E-state index contributed by atoms with van der Waals surface area (Å²) in [5.41, 5.74) is 3.40. The van der Waals surface area contributed by atoms with Crippen LogP contribution >= 0.6 is 0 Å². The number of hydrogen-bond donors (Lipinski definition) is 0. The van der Waals surface area contributed by atoms with E-state index in [2.05, 4.69) is 24.2 Å². The van der Waals surface area contributed by atoms with Crippen molar-refractivity contribution in [2.75, 3.05) is 0 Å². The van der Waals surface area contributed by atoms with Crippen molar-refractivity contribution in [3.05, 3.63) is 42.2 Å². The Morgan fingerprint density at radius 2 is 1.68 bits per heavy atom. The fourth-order valence-corrected chi connectivity index (χ4v) is 2.36. The van der Waals surface area contributed by atoms with Crippen LogP contribution in [0, 0.1) is 0 Å². The summed E-state index contributed by atoms with van der Waals surface area (Å²) in [5.74, 6) is 0. The van der Waals surface area contributed by atoms with Gasteiger partial charge in [-0.3, -0.25) is 0 Å². The molecule has 2 rings (SSSR count). The fourth-order valence-electron chi connectivity index (χ4n) is 2.36. The monoisotopic (exact) mass is 257 g/mol. The lowest BCUT2D eigenvalue weighted by atomic mass is 10.0. The predicted octanol–water partition coefficient (Wildman–Crippen LogP) is 5.24. The molecule has 0 bridgehead atoms. The van der Waals surface area contributed by atoms with Gasteiger partial charge in [0.1, 0.15) is 12.0 Å². The van der Waals surface area contributed by atoms with E-state index in [4.69, 9.17) is 4.52 Å². The molecule has 0 unspecified atom stereocenters. The van der Waals surface area contributed by atoms with Crippen molar-refractivity contribution in [3.63, 3.8) is 0 Å². The molecule has 2 heteroatoms. The Bertz CT molecular complexity index is 461. The van der Waals surface area contributed by atoms with Crippen LogP contribution in [0.1, 0.15) is 51.0 Å². The molecule has 0 saturated carbocycles. The summed E-state index contributed by atoms with van der Waals surface area (Å²) in [5, 5.41) is 4.14. The molecule has 102 valence electrons. The van der Waals surface area contributed by atoms with Crippen LogP contribution in [0.25, 0.3) is 11.3 Å². The first-order valence-electron chi connectivity index (χ1n) is 7.40. The second-order valence-electron chi connectivity index (χ2n) is 5.07. The Morgan fingerprint density at radius 1 is 0.947 bits per heavy atom. The number of aromatic nitrogens is 1. The lowest BCUT2D eigenvalue weighted by Crippen LogP contribution is -1.88. The van der Waals surface area contributed by atoms with Gasteiger partial charge in [0.05, 0.1) is 0 Å². The van der Waals surface area contributed by atoms with Crippen LogP contribution in [0.2, 0.25) is 0 Å². The summed E-state index contributed by atoms with van der Waals surface area (Å²) in [6.07, 6.45) is 10.8. The highest BCUT2D eigenvalue weighted by Crippen LogP contribution is 2.23. The minimum absolute atomic E-state index is 1.01. The molecule has 2 nitrogen and oxygen atoms in total. The predicted molar refractivity (Wildman–Crippen MR) is 79.0 cm³/mol. The average molecular weight is 257 g/mol. The first-order chi connectivity index (χ1) is 9.42. The lowest BCUT2D eigenvalue weighted by Gasteiger charge is -2.02. The standard InChI is InChI=1S/C17H23NO/c1-2-3-4-5-6-8-13-16-14-19-18-17(16)15-11-9-7-10-12-15/h7,9-12,14H,2-6,8,13H2,1H3. The van der Waals surface area contributed by atoms with Gasteiger partial charge in [0.15, 0.2) is 0 Å². The Balaban J connectivity index is 1.83. The zero-order valence-corrected chi connectivity index (χ0v) is 11.8. The Hall–Kier alpha value is -1.57. The van der Waals surface area contributed by atoms with Crippen molar-refractivity contribution in [1.82, 2.24) is 5.16 Å². The fraction of sp³-hybridized carbons (Fsp3) is 0.471. The highest BCUT2D eigenvalue weighted by Gasteiger charge is 2.09. The molecule has 0 atom stereocenters. The van der Waals surface area contributed by atoms with Crippen molar-refractivity contribution in [1.29, 1.82) is 0 Å². The lowest BCUT2D eigenvalue weighted by molar-refractivity contribution is 0.421. The van der Waals surface area contributed by atoms with E-state index in [1.165, 1.54) is 44.1 Å². The summed E-state index contributed by atoms with van der Waals surface area (Å²) in [7, 11) is 0. The molecule has 0 amide bonds. The third kappa shape index (κ3) is 4.23. The maximum Gasteiger partial charge on any atom is 0.127 e. The summed E-state index contributed by atoms with van der Waals surface area (Å²) in [6, 6.07) is 10.3. The van der Waals surface area contributed by atoms with Crippen LogP contribution in [0.3, 0.4) is 0 Å². The maximum atomic E-state index is 5.15. The van der Waals surface area contributed by atoms with E-state index in [1.54, 1.807) is 6.26 Å². The number of aryl methyl sites for hydroxylation is 1. The second-order valence-corrected chi connectivity index (χ2v) is 5.07. The average Bonchev–Trinajstić information content (AvgIpc) is 2.92. The normalized spacial score (nSPS) is 10.8. The summed E-state index contributed by atoms with van der Waals surface area (Å²) >= 11 is 0. The van der Waals surface area contributed by atoms with Crippen molar-refractivity contribution in [3.8, 4) is 11.3 Å². The van der Waals surface area contributed by atoms with E-state index in [-0.39, 0.29) is 0 Å². The Labute approximate surface area is 115 Å². The largest absolute Gasteiger partial charge is 0.364 e. The molecule has 1 aromatic heterocycles. The molecular formula is C17H23NO. The van der Waals surface area contributed by atoms with Gasteiger partial charge in [-0.25, -0.2) is 0 Å². The van der Waals surface area contributed by atoms with Gasteiger partial charge < -0.3 is 4.52 Å².